The van der Waals surface area contributed by atoms with Crippen molar-refractivity contribution in [2.24, 2.45) is 5.41 Å². The Kier molecular flexibility index (Phi) is 6.72. The lowest BCUT2D eigenvalue weighted by atomic mass is 9.99. The number of hydrogen-bond donors (Lipinski definition) is 0. The Morgan fingerprint density at radius 2 is 1.50 bits per heavy atom. The van der Waals surface area contributed by atoms with Crippen LogP contribution in [0.3, 0.4) is 0 Å². The molecule has 0 saturated carbocycles. The average molecular weight is 232 g/mol. The summed E-state index contributed by atoms with van der Waals surface area (Å²) in [5, 5.41) is 0. The van der Waals surface area contributed by atoms with E-state index in [4.69, 9.17) is 9.47 Å². The van der Waals surface area contributed by atoms with E-state index in [0.717, 1.165) is 0 Å². The van der Waals surface area contributed by atoms with Gasteiger partial charge in [-0.25, -0.2) is 9.59 Å². The molecule has 0 fully saturated rings. The summed E-state index contributed by atoms with van der Waals surface area (Å²) < 4.78 is 14.4. The first-order valence-corrected chi connectivity index (χ1v) is 5.24. The molecule has 0 N–H and O–H groups in total. The standard InChI is InChI=1S/C11H20O5/c1-5-15-9(12)6-14-7-10(13)16-8-11(2,3)4/h5-8H2,1-4H3. The first kappa shape index (κ1) is 14.9. The third-order valence-corrected chi connectivity index (χ3v) is 1.41. The average Bonchev–Trinajstić information content (AvgIpc) is 2.14. The first-order chi connectivity index (χ1) is 7.35. The molecule has 16 heavy (non-hydrogen) atoms. The number of esters is 2. The molecule has 0 aliphatic carbocycles. The summed E-state index contributed by atoms with van der Waals surface area (Å²) in [5.74, 6) is -0.953. The van der Waals surface area contributed by atoms with Crippen molar-refractivity contribution >= 4 is 11.9 Å². The van der Waals surface area contributed by atoms with Gasteiger partial charge in [-0.15, -0.1) is 0 Å². The van der Waals surface area contributed by atoms with Gasteiger partial charge in [0.15, 0.2) is 0 Å². The second-order valence-corrected chi connectivity index (χ2v) is 4.52. The molecule has 0 unspecified atom stereocenters. The number of carbonyl (C=O) groups is 2. The van der Waals surface area contributed by atoms with Crippen LogP contribution in [0.15, 0.2) is 0 Å². The van der Waals surface area contributed by atoms with E-state index in [-0.39, 0.29) is 18.6 Å². The SMILES string of the molecule is CCOC(=O)COCC(=O)OCC(C)(C)C. The summed E-state index contributed by atoms with van der Waals surface area (Å²) in [6.07, 6.45) is 0. The molecular weight excluding hydrogens is 212 g/mol. The van der Waals surface area contributed by atoms with Gasteiger partial charge in [-0.1, -0.05) is 20.8 Å². The van der Waals surface area contributed by atoms with Crippen molar-refractivity contribution in [1.29, 1.82) is 0 Å². The van der Waals surface area contributed by atoms with Crippen LogP contribution >= 0.6 is 0 Å². The molecule has 0 bridgehead atoms. The molecule has 0 heterocycles. The summed E-state index contributed by atoms with van der Waals surface area (Å²) in [6, 6.07) is 0. The van der Waals surface area contributed by atoms with Crippen molar-refractivity contribution in [3.05, 3.63) is 0 Å². The summed E-state index contributed by atoms with van der Waals surface area (Å²) in [7, 11) is 0. The van der Waals surface area contributed by atoms with Gasteiger partial charge in [-0.2, -0.15) is 0 Å². The topological polar surface area (TPSA) is 61.8 Å². The van der Waals surface area contributed by atoms with Gasteiger partial charge in [-0.05, 0) is 12.3 Å². The lowest BCUT2D eigenvalue weighted by molar-refractivity contribution is -0.156. The molecule has 0 rings (SSSR count). The zero-order chi connectivity index (χ0) is 12.6. The molecule has 0 aromatic carbocycles. The molecule has 94 valence electrons. The normalized spacial score (nSPS) is 11.0. The minimum absolute atomic E-state index is 0.0726. The molecule has 0 radical (unpaired) electrons. The molecular formula is C11H20O5. The van der Waals surface area contributed by atoms with Crippen LogP contribution in [-0.2, 0) is 23.8 Å². The highest BCUT2D eigenvalue weighted by Crippen LogP contribution is 2.12. The second kappa shape index (κ2) is 7.22. The van der Waals surface area contributed by atoms with Gasteiger partial charge in [0.05, 0.1) is 13.2 Å². The van der Waals surface area contributed by atoms with Gasteiger partial charge in [0.25, 0.3) is 0 Å². The minimum Gasteiger partial charge on any atom is -0.464 e. The minimum atomic E-state index is -0.480. The zero-order valence-electron chi connectivity index (χ0n) is 10.4. The van der Waals surface area contributed by atoms with Crippen LogP contribution < -0.4 is 0 Å². The van der Waals surface area contributed by atoms with Gasteiger partial charge in [0, 0.05) is 0 Å². The number of rotatable bonds is 6. The summed E-state index contributed by atoms with van der Waals surface area (Å²) in [6.45, 7) is 7.76. The quantitative estimate of drug-likeness (QED) is 0.643. The van der Waals surface area contributed by atoms with E-state index in [1.165, 1.54) is 0 Å². The van der Waals surface area contributed by atoms with Gasteiger partial charge >= 0.3 is 11.9 Å². The predicted molar refractivity (Wildman–Crippen MR) is 57.9 cm³/mol. The molecule has 5 nitrogen and oxygen atoms in total. The third-order valence-electron chi connectivity index (χ3n) is 1.41. The molecule has 0 aliphatic heterocycles. The van der Waals surface area contributed by atoms with Crippen molar-refractivity contribution in [2.45, 2.75) is 27.7 Å². The molecule has 0 amide bonds. The Bertz CT molecular complexity index is 229. The van der Waals surface area contributed by atoms with E-state index in [9.17, 15) is 9.59 Å². The van der Waals surface area contributed by atoms with Crippen molar-refractivity contribution in [3.8, 4) is 0 Å². The van der Waals surface area contributed by atoms with Crippen molar-refractivity contribution in [3.63, 3.8) is 0 Å². The Morgan fingerprint density at radius 3 is 1.94 bits per heavy atom. The van der Waals surface area contributed by atoms with Gasteiger partial charge in [0.2, 0.25) is 0 Å². The lowest BCUT2D eigenvalue weighted by Crippen LogP contribution is -2.22. The highest BCUT2D eigenvalue weighted by molar-refractivity contribution is 5.73. The molecule has 0 aromatic heterocycles. The maximum atomic E-state index is 11.1. The van der Waals surface area contributed by atoms with Crippen molar-refractivity contribution < 1.29 is 23.8 Å². The van der Waals surface area contributed by atoms with Crippen molar-refractivity contribution in [2.75, 3.05) is 26.4 Å². The van der Waals surface area contributed by atoms with Crippen LogP contribution in [0.1, 0.15) is 27.7 Å². The molecule has 0 atom stereocenters. The molecule has 0 aromatic rings. The van der Waals surface area contributed by atoms with Crippen LogP contribution in [-0.4, -0.2) is 38.4 Å². The lowest BCUT2D eigenvalue weighted by Gasteiger charge is -2.17. The first-order valence-electron chi connectivity index (χ1n) is 5.24. The van der Waals surface area contributed by atoms with E-state index in [2.05, 4.69) is 4.74 Å². The third kappa shape index (κ3) is 9.45. The van der Waals surface area contributed by atoms with Crippen LogP contribution in [0.25, 0.3) is 0 Å². The number of ether oxygens (including phenoxy) is 3. The van der Waals surface area contributed by atoms with E-state index in [1.807, 2.05) is 20.8 Å². The Hall–Kier alpha value is -1.10. The highest BCUT2D eigenvalue weighted by atomic mass is 16.6. The largest absolute Gasteiger partial charge is 0.464 e. The van der Waals surface area contributed by atoms with Crippen LogP contribution in [0.5, 0.6) is 0 Å². The van der Waals surface area contributed by atoms with Crippen LogP contribution in [0.4, 0.5) is 0 Å². The summed E-state index contributed by atoms with van der Waals surface area (Å²) in [4.78, 5) is 22.0. The Morgan fingerprint density at radius 1 is 1.00 bits per heavy atom. The van der Waals surface area contributed by atoms with E-state index in [0.29, 0.717) is 13.2 Å². The van der Waals surface area contributed by atoms with E-state index < -0.39 is 11.9 Å². The van der Waals surface area contributed by atoms with Gasteiger partial charge < -0.3 is 14.2 Å². The maximum absolute atomic E-state index is 11.1. The second-order valence-electron chi connectivity index (χ2n) is 4.52. The van der Waals surface area contributed by atoms with Crippen molar-refractivity contribution in [1.82, 2.24) is 0 Å². The van der Waals surface area contributed by atoms with Crippen LogP contribution in [0.2, 0.25) is 0 Å². The zero-order valence-corrected chi connectivity index (χ0v) is 10.4. The smallest absolute Gasteiger partial charge is 0.332 e. The Labute approximate surface area is 96.1 Å². The molecule has 0 saturated heterocycles. The molecule has 0 aliphatic rings. The number of carbonyl (C=O) groups excluding carboxylic acids is 2. The molecule has 5 heteroatoms. The number of hydrogen-bond acceptors (Lipinski definition) is 5. The van der Waals surface area contributed by atoms with Gasteiger partial charge in [0.1, 0.15) is 13.2 Å². The Balaban J connectivity index is 3.55. The maximum Gasteiger partial charge on any atom is 0.332 e. The fourth-order valence-electron chi connectivity index (χ4n) is 0.759. The summed E-state index contributed by atoms with van der Waals surface area (Å²) in [5.41, 5.74) is -0.0726. The fraction of sp³-hybridized carbons (Fsp3) is 0.818. The summed E-state index contributed by atoms with van der Waals surface area (Å²) >= 11 is 0. The fourth-order valence-corrected chi connectivity index (χ4v) is 0.759. The molecule has 0 spiro atoms. The van der Waals surface area contributed by atoms with Gasteiger partial charge in [-0.3, -0.25) is 0 Å². The van der Waals surface area contributed by atoms with E-state index in [1.54, 1.807) is 6.92 Å². The van der Waals surface area contributed by atoms with E-state index >= 15 is 0 Å². The van der Waals surface area contributed by atoms with Crippen LogP contribution in [0, 0.1) is 5.41 Å². The monoisotopic (exact) mass is 232 g/mol. The predicted octanol–water partition coefficient (Wildman–Crippen LogP) is 1.16. The highest BCUT2D eigenvalue weighted by Gasteiger charge is 2.14.